The molecule has 0 aromatic carbocycles. The quantitative estimate of drug-likeness (QED) is 0.229. The second kappa shape index (κ2) is 7.17. The van der Waals surface area contributed by atoms with E-state index in [1.54, 1.807) is 0 Å². The van der Waals surface area contributed by atoms with Gasteiger partial charge in [-0.05, 0) is 6.42 Å². The number of carbonyl (C=O) groups excluding carboxylic acids is 1. The molecule has 4 heteroatoms. The Balaban J connectivity index is 3.95. The first-order chi connectivity index (χ1) is 6.26. The van der Waals surface area contributed by atoms with Crippen molar-refractivity contribution in [1.29, 1.82) is 0 Å². The molecule has 72 valence electrons. The van der Waals surface area contributed by atoms with Gasteiger partial charge in [-0.15, -0.1) is 6.42 Å². The maximum absolute atomic E-state index is 11.0. The van der Waals surface area contributed by atoms with E-state index in [1.807, 2.05) is 6.92 Å². The van der Waals surface area contributed by atoms with Crippen molar-refractivity contribution in [3.8, 4) is 12.3 Å². The third-order valence-electron chi connectivity index (χ3n) is 1.41. The molecule has 4 nitrogen and oxygen atoms in total. The molecule has 0 bridgehead atoms. The molecule has 0 heterocycles. The monoisotopic (exact) mass is 183 g/mol. The first-order valence-corrected chi connectivity index (χ1v) is 4.07. The fraction of sp³-hybridized carbons (Fsp3) is 0.556. The largest absolute Gasteiger partial charge is 0.448 e. The minimum absolute atomic E-state index is 0.0251. The van der Waals surface area contributed by atoms with E-state index in [-0.39, 0.29) is 12.3 Å². The molecule has 0 spiro atoms. The van der Waals surface area contributed by atoms with E-state index in [0.717, 1.165) is 12.8 Å². The van der Waals surface area contributed by atoms with Crippen molar-refractivity contribution in [2.75, 3.05) is 6.61 Å². The van der Waals surface area contributed by atoms with Crippen molar-refractivity contribution in [2.24, 2.45) is 5.16 Å². The van der Waals surface area contributed by atoms with E-state index in [9.17, 15) is 4.79 Å². The molecule has 0 aliphatic rings. The summed E-state index contributed by atoms with van der Waals surface area (Å²) in [4.78, 5) is 11.0. The molecular formula is C9H13NO3. The number of nitrogens with zero attached hydrogens (tertiary/aromatic N) is 1. The van der Waals surface area contributed by atoms with Crippen LogP contribution in [-0.2, 0) is 9.53 Å². The van der Waals surface area contributed by atoms with Crippen LogP contribution in [0.5, 0.6) is 0 Å². The number of hydrogen-bond donors (Lipinski definition) is 1. The van der Waals surface area contributed by atoms with E-state index in [1.165, 1.54) is 0 Å². The van der Waals surface area contributed by atoms with Gasteiger partial charge in [0.05, 0.1) is 0 Å². The zero-order chi connectivity index (χ0) is 10.1. The van der Waals surface area contributed by atoms with Crippen LogP contribution in [-0.4, -0.2) is 23.5 Å². The summed E-state index contributed by atoms with van der Waals surface area (Å²) in [7, 11) is 0. The number of ether oxygens (including phenoxy) is 1. The molecule has 0 aliphatic heterocycles. The lowest BCUT2D eigenvalue weighted by atomic mass is 10.2. The van der Waals surface area contributed by atoms with E-state index in [2.05, 4.69) is 15.8 Å². The molecular weight excluding hydrogens is 170 g/mol. The number of hydrogen-bond acceptors (Lipinski definition) is 4. The van der Waals surface area contributed by atoms with Crippen LogP contribution in [0.1, 0.15) is 26.2 Å². The van der Waals surface area contributed by atoms with E-state index in [4.69, 9.17) is 11.6 Å². The standard InChI is InChI=1S/C9H13NO3/c1-3-5-6-8(10-12)9(11)13-7-4-2/h2,12H,3,5-7H2,1H3. The van der Waals surface area contributed by atoms with Gasteiger partial charge in [-0.1, -0.05) is 24.4 Å². The second-order valence-corrected chi connectivity index (χ2v) is 2.43. The molecule has 0 atom stereocenters. The van der Waals surface area contributed by atoms with Crippen molar-refractivity contribution < 1.29 is 14.7 Å². The van der Waals surface area contributed by atoms with Gasteiger partial charge >= 0.3 is 5.97 Å². The third kappa shape index (κ3) is 4.86. The van der Waals surface area contributed by atoms with Gasteiger partial charge in [0.1, 0.15) is 0 Å². The fourth-order valence-corrected chi connectivity index (χ4v) is 0.728. The third-order valence-corrected chi connectivity index (χ3v) is 1.41. The number of esters is 1. The molecule has 0 aliphatic carbocycles. The predicted molar refractivity (Wildman–Crippen MR) is 48.5 cm³/mol. The van der Waals surface area contributed by atoms with Crippen LogP contribution in [0.25, 0.3) is 0 Å². The van der Waals surface area contributed by atoms with Crippen LogP contribution < -0.4 is 0 Å². The number of oxime groups is 1. The van der Waals surface area contributed by atoms with Crippen LogP contribution in [0.2, 0.25) is 0 Å². The lowest BCUT2D eigenvalue weighted by molar-refractivity contribution is -0.134. The van der Waals surface area contributed by atoms with Gasteiger partial charge in [-0.2, -0.15) is 0 Å². The molecule has 0 saturated carbocycles. The minimum Gasteiger partial charge on any atom is -0.448 e. The van der Waals surface area contributed by atoms with Crippen LogP contribution >= 0.6 is 0 Å². The molecule has 0 aromatic rings. The summed E-state index contributed by atoms with van der Waals surface area (Å²) in [5, 5.41) is 11.3. The number of terminal acetylenes is 1. The van der Waals surface area contributed by atoms with Crippen LogP contribution in [0, 0.1) is 12.3 Å². The Morgan fingerprint density at radius 3 is 2.85 bits per heavy atom. The van der Waals surface area contributed by atoms with Gasteiger partial charge in [0.15, 0.2) is 12.3 Å². The highest BCUT2D eigenvalue weighted by Crippen LogP contribution is 1.98. The predicted octanol–water partition coefficient (Wildman–Crippen LogP) is 1.18. The van der Waals surface area contributed by atoms with Gasteiger partial charge < -0.3 is 9.94 Å². The molecule has 0 unspecified atom stereocenters. The van der Waals surface area contributed by atoms with Crippen molar-refractivity contribution in [3.05, 3.63) is 0 Å². The van der Waals surface area contributed by atoms with E-state index >= 15 is 0 Å². The Hall–Kier alpha value is -1.50. The first-order valence-electron chi connectivity index (χ1n) is 4.07. The Morgan fingerprint density at radius 1 is 1.69 bits per heavy atom. The topological polar surface area (TPSA) is 58.9 Å². The molecule has 1 N–H and O–H groups in total. The Bertz CT molecular complexity index is 228. The highest BCUT2D eigenvalue weighted by molar-refractivity contribution is 6.36. The SMILES string of the molecule is C#CCOC(=O)C(CCCC)=NO. The zero-order valence-corrected chi connectivity index (χ0v) is 7.62. The van der Waals surface area contributed by atoms with Crippen LogP contribution in [0.15, 0.2) is 5.16 Å². The van der Waals surface area contributed by atoms with Gasteiger partial charge in [0.2, 0.25) is 0 Å². The van der Waals surface area contributed by atoms with Gasteiger partial charge in [0, 0.05) is 6.42 Å². The summed E-state index contributed by atoms with van der Waals surface area (Å²) in [6.45, 7) is 1.88. The van der Waals surface area contributed by atoms with Gasteiger partial charge in [-0.3, -0.25) is 0 Å². The number of rotatable bonds is 5. The van der Waals surface area contributed by atoms with Gasteiger partial charge in [0.25, 0.3) is 0 Å². The molecule has 0 fully saturated rings. The number of unbranched alkanes of at least 4 members (excludes halogenated alkanes) is 1. The highest BCUT2D eigenvalue weighted by Gasteiger charge is 2.12. The van der Waals surface area contributed by atoms with Crippen LogP contribution in [0.3, 0.4) is 0 Å². The summed E-state index contributed by atoms with van der Waals surface area (Å²) < 4.78 is 4.58. The average molecular weight is 183 g/mol. The van der Waals surface area contributed by atoms with Crippen molar-refractivity contribution >= 4 is 11.7 Å². The lowest BCUT2D eigenvalue weighted by Gasteiger charge is -2.01. The molecule has 13 heavy (non-hydrogen) atoms. The maximum atomic E-state index is 11.0. The van der Waals surface area contributed by atoms with Crippen LogP contribution in [0.4, 0.5) is 0 Å². The second-order valence-electron chi connectivity index (χ2n) is 2.43. The summed E-state index contributed by atoms with van der Waals surface area (Å²) in [5.41, 5.74) is 0.0251. The molecule has 0 radical (unpaired) electrons. The first kappa shape index (κ1) is 11.5. The Kier molecular flexibility index (Phi) is 6.34. The molecule has 0 aromatic heterocycles. The van der Waals surface area contributed by atoms with E-state index in [0.29, 0.717) is 6.42 Å². The molecule has 0 rings (SSSR count). The summed E-state index contributed by atoms with van der Waals surface area (Å²) >= 11 is 0. The minimum atomic E-state index is -0.645. The Morgan fingerprint density at radius 2 is 2.38 bits per heavy atom. The highest BCUT2D eigenvalue weighted by atomic mass is 16.5. The van der Waals surface area contributed by atoms with Crippen molar-refractivity contribution in [3.63, 3.8) is 0 Å². The average Bonchev–Trinajstić information content (AvgIpc) is 2.16. The Labute approximate surface area is 77.6 Å². The zero-order valence-electron chi connectivity index (χ0n) is 7.62. The summed E-state index contributed by atoms with van der Waals surface area (Å²) in [6, 6.07) is 0. The maximum Gasteiger partial charge on any atom is 0.357 e. The van der Waals surface area contributed by atoms with Gasteiger partial charge in [-0.25, -0.2) is 4.79 Å². The van der Waals surface area contributed by atoms with Crippen molar-refractivity contribution in [2.45, 2.75) is 26.2 Å². The lowest BCUT2D eigenvalue weighted by Crippen LogP contribution is -2.17. The van der Waals surface area contributed by atoms with E-state index < -0.39 is 5.97 Å². The fourth-order valence-electron chi connectivity index (χ4n) is 0.728. The van der Waals surface area contributed by atoms with Crippen molar-refractivity contribution in [1.82, 2.24) is 0 Å². The molecule has 0 saturated heterocycles. The normalized spacial score (nSPS) is 10.6. The number of carbonyl (C=O) groups is 1. The smallest absolute Gasteiger partial charge is 0.357 e. The molecule has 0 amide bonds. The summed E-state index contributed by atoms with van der Waals surface area (Å²) in [6.07, 6.45) is 7.00. The summed E-state index contributed by atoms with van der Waals surface area (Å²) in [5.74, 6) is 1.51.